The van der Waals surface area contributed by atoms with Gasteiger partial charge < -0.3 is 10.4 Å². The SMILES string of the molecule is O=C(Nc1ccc(-c2cc(C(=O)O)c3cn[nH]c3n2)s1)Nc1cc(C(F)(F)F)ccc1F. The number of thiophene rings is 1. The van der Waals surface area contributed by atoms with Crippen molar-refractivity contribution in [2.24, 2.45) is 0 Å². The number of alkyl halides is 3. The molecule has 0 saturated heterocycles. The van der Waals surface area contributed by atoms with Crippen LogP contribution in [-0.2, 0) is 6.18 Å². The van der Waals surface area contributed by atoms with E-state index in [-0.39, 0.29) is 16.2 Å². The topological polar surface area (TPSA) is 120 Å². The number of pyridine rings is 1. The molecule has 4 aromatic rings. The average molecular weight is 465 g/mol. The smallest absolute Gasteiger partial charge is 0.416 e. The molecule has 0 unspecified atom stereocenters. The van der Waals surface area contributed by atoms with Gasteiger partial charge in [0.15, 0.2) is 5.65 Å². The minimum atomic E-state index is -4.69. The van der Waals surface area contributed by atoms with Crippen LogP contribution in [0.25, 0.3) is 21.6 Å². The lowest BCUT2D eigenvalue weighted by Crippen LogP contribution is -2.20. The summed E-state index contributed by atoms with van der Waals surface area (Å²) in [6.07, 6.45) is -3.35. The van der Waals surface area contributed by atoms with E-state index in [0.29, 0.717) is 34.2 Å². The van der Waals surface area contributed by atoms with Gasteiger partial charge in [-0.3, -0.25) is 10.4 Å². The first-order valence-corrected chi connectivity index (χ1v) is 9.56. The first-order chi connectivity index (χ1) is 15.1. The van der Waals surface area contributed by atoms with Gasteiger partial charge in [0.2, 0.25) is 0 Å². The molecular formula is C19H11F4N5O3S. The van der Waals surface area contributed by atoms with Crippen molar-refractivity contribution in [3.05, 3.63) is 59.5 Å². The summed E-state index contributed by atoms with van der Waals surface area (Å²) >= 11 is 1.03. The predicted molar refractivity (Wildman–Crippen MR) is 108 cm³/mol. The molecular weight excluding hydrogens is 454 g/mol. The second-order valence-electron chi connectivity index (χ2n) is 6.43. The van der Waals surface area contributed by atoms with E-state index in [4.69, 9.17) is 0 Å². The maximum absolute atomic E-state index is 13.8. The number of amides is 2. The number of halogens is 4. The fraction of sp³-hybridized carbons (Fsp3) is 0.0526. The maximum atomic E-state index is 13.8. The standard InChI is InChI=1S/C19H11F4N5O3S/c20-11-2-1-8(19(21,22)23)5-12(11)26-18(31)27-15-4-3-14(32-15)13-6-9(17(29)30)10-7-24-28-16(10)25-13/h1-7H,(H,29,30)(H,24,25,28)(H2,26,27,31). The molecule has 0 radical (unpaired) electrons. The van der Waals surface area contributed by atoms with Crippen molar-refractivity contribution in [2.75, 3.05) is 10.6 Å². The molecule has 0 aliphatic carbocycles. The van der Waals surface area contributed by atoms with Crippen molar-refractivity contribution < 1.29 is 32.3 Å². The number of rotatable bonds is 4. The Labute approximate surface area is 179 Å². The van der Waals surface area contributed by atoms with Gasteiger partial charge in [-0.2, -0.15) is 18.3 Å². The lowest BCUT2D eigenvalue weighted by molar-refractivity contribution is -0.137. The lowest BCUT2D eigenvalue weighted by Gasteiger charge is -2.11. The molecule has 0 bridgehead atoms. The molecule has 164 valence electrons. The van der Waals surface area contributed by atoms with Gasteiger partial charge >= 0.3 is 18.2 Å². The molecule has 0 aliphatic rings. The number of carbonyl (C=O) groups excluding carboxylic acids is 1. The second kappa shape index (κ2) is 7.92. The Kier molecular flexibility index (Phi) is 5.26. The molecule has 3 aromatic heterocycles. The third kappa shape index (κ3) is 4.23. The zero-order chi connectivity index (χ0) is 23.0. The number of urea groups is 1. The highest BCUT2D eigenvalue weighted by atomic mass is 32.1. The maximum Gasteiger partial charge on any atom is 0.416 e. The number of nitrogens with zero attached hydrogens (tertiary/aromatic N) is 2. The summed E-state index contributed by atoms with van der Waals surface area (Å²) in [6, 6.07) is 5.12. The van der Waals surface area contributed by atoms with E-state index in [1.165, 1.54) is 18.3 Å². The van der Waals surface area contributed by atoms with Crippen LogP contribution in [0.3, 0.4) is 0 Å². The Bertz CT molecular complexity index is 1350. The molecule has 0 spiro atoms. The summed E-state index contributed by atoms with van der Waals surface area (Å²) in [5, 5.41) is 20.8. The Morgan fingerprint density at radius 1 is 1.09 bits per heavy atom. The van der Waals surface area contributed by atoms with E-state index >= 15 is 0 Å². The molecule has 0 atom stereocenters. The average Bonchev–Trinajstić information content (AvgIpc) is 3.37. The third-order valence-corrected chi connectivity index (χ3v) is 5.31. The van der Waals surface area contributed by atoms with Gasteiger partial charge in [-0.15, -0.1) is 11.3 Å². The molecule has 3 heterocycles. The molecule has 1 aromatic carbocycles. The molecule has 8 nitrogen and oxygen atoms in total. The third-order valence-electron chi connectivity index (χ3n) is 4.29. The Morgan fingerprint density at radius 2 is 1.88 bits per heavy atom. The van der Waals surface area contributed by atoms with Crippen molar-refractivity contribution in [1.29, 1.82) is 0 Å². The number of carboxylic acids is 1. The minimum Gasteiger partial charge on any atom is -0.478 e. The Hall–Kier alpha value is -4.00. The minimum absolute atomic E-state index is 0.0144. The monoisotopic (exact) mass is 465 g/mol. The highest BCUT2D eigenvalue weighted by Crippen LogP contribution is 2.34. The molecule has 4 N–H and O–H groups in total. The van der Waals surface area contributed by atoms with Crippen LogP contribution in [0.5, 0.6) is 0 Å². The van der Waals surface area contributed by atoms with Crippen molar-refractivity contribution in [1.82, 2.24) is 15.2 Å². The molecule has 32 heavy (non-hydrogen) atoms. The number of fused-ring (bicyclic) bond motifs is 1. The van der Waals surface area contributed by atoms with Crippen LogP contribution >= 0.6 is 11.3 Å². The number of hydrogen-bond donors (Lipinski definition) is 4. The number of carbonyl (C=O) groups is 2. The van der Waals surface area contributed by atoms with Gasteiger partial charge in [-0.05, 0) is 36.4 Å². The van der Waals surface area contributed by atoms with Gasteiger partial charge in [-0.1, -0.05) is 0 Å². The summed E-state index contributed by atoms with van der Waals surface area (Å²) in [4.78, 5) is 28.5. The van der Waals surface area contributed by atoms with Crippen LogP contribution in [0.15, 0.2) is 42.6 Å². The Balaban J connectivity index is 1.54. The van der Waals surface area contributed by atoms with Crippen molar-refractivity contribution in [2.45, 2.75) is 6.18 Å². The zero-order valence-electron chi connectivity index (χ0n) is 15.6. The number of anilines is 2. The van der Waals surface area contributed by atoms with Gasteiger partial charge in [0, 0.05) is 0 Å². The molecule has 0 saturated carbocycles. The first-order valence-electron chi connectivity index (χ1n) is 8.74. The molecule has 2 amide bonds. The lowest BCUT2D eigenvalue weighted by atomic mass is 10.1. The quantitative estimate of drug-likeness (QED) is 0.309. The second-order valence-corrected chi connectivity index (χ2v) is 7.51. The summed E-state index contributed by atoms with van der Waals surface area (Å²) in [7, 11) is 0. The van der Waals surface area contributed by atoms with Crippen LogP contribution < -0.4 is 10.6 Å². The van der Waals surface area contributed by atoms with E-state index in [0.717, 1.165) is 11.3 Å². The van der Waals surface area contributed by atoms with Gasteiger partial charge in [0.05, 0.1) is 44.0 Å². The number of aromatic nitrogens is 3. The molecule has 0 fully saturated rings. The van der Waals surface area contributed by atoms with E-state index in [9.17, 15) is 32.3 Å². The van der Waals surface area contributed by atoms with Crippen LogP contribution in [0.2, 0.25) is 0 Å². The number of H-pyrrole nitrogens is 1. The fourth-order valence-corrected chi connectivity index (χ4v) is 3.70. The van der Waals surface area contributed by atoms with Gasteiger partial charge in [0.1, 0.15) is 5.82 Å². The normalized spacial score (nSPS) is 11.5. The number of aromatic carboxylic acids is 1. The number of hydrogen-bond acceptors (Lipinski definition) is 5. The van der Waals surface area contributed by atoms with Gasteiger partial charge in [0.25, 0.3) is 0 Å². The summed E-state index contributed by atoms with van der Waals surface area (Å²) in [5.41, 5.74) is -1.18. The summed E-state index contributed by atoms with van der Waals surface area (Å²) in [6.45, 7) is 0. The zero-order valence-corrected chi connectivity index (χ0v) is 16.4. The number of aromatic amines is 1. The number of carboxylic acid groups (broad SMARTS) is 1. The Morgan fingerprint density at radius 3 is 2.59 bits per heavy atom. The van der Waals surface area contributed by atoms with Gasteiger partial charge in [-0.25, -0.2) is 19.0 Å². The van der Waals surface area contributed by atoms with Crippen molar-refractivity contribution in [3.63, 3.8) is 0 Å². The summed E-state index contributed by atoms with van der Waals surface area (Å²) in [5.74, 6) is -2.20. The van der Waals surface area contributed by atoms with Crippen LogP contribution in [-0.4, -0.2) is 32.3 Å². The first kappa shape index (κ1) is 21.2. The molecule has 13 heteroatoms. The summed E-state index contributed by atoms with van der Waals surface area (Å²) < 4.78 is 52.2. The van der Waals surface area contributed by atoms with Crippen molar-refractivity contribution >= 4 is 45.1 Å². The molecule has 0 aliphatic heterocycles. The number of benzene rings is 1. The fourth-order valence-electron chi connectivity index (χ4n) is 2.84. The van der Waals surface area contributed by atoms with Crippen molar-refractivity contribution in [3.8, 4) is 10.6 Å². The van der Waals surface area contributed by atoms with E-state index in [1.54, 1.807) is 6.07 Å². The van der Waals surface area contributed by atoms with Crippen LogP contribution in [0, 0.1) is 5.82 Å². The highest BCUT2D eigenvalue weighted by molar-refractivity contribution is 7.19. The van der Waals surface area contributed by atoms with E-state index < -0.39 is 35.2 Å². The van der Waals surface area contributed by atoms with Crippen LogP contribution in [0.4, 0.5) is 33.0 Å². The van der Waals surface area contributed by atoms with Crippen LogP contribution in [0.1, 0.15) is 15.9 Å². The largest absolute Gasteiger partial charge is 0.478 e. The van der Waals surface area contributed by atoms with E-state index in [1.807, 2.05) is 5.32 Å². The van der Waals surface area contributed by atoms with E-state index in [2.05, 4.69) is 20.5 Å². The predicted octanol–water partition coefficient (Wildman–Crippen LogP) is 5.19. The number of nitrogens with one attached hydrogen (secondary N) is 3. The highest BCUT2D eigenvalue weighted by Gasteiger charge is 2.31. The molecule has 4 rings (SSSR count).